The van der Waals surface area contributed by atoms with Crippen LogP contribution in [0.4, 0.5) is 0 Å². The van der Waals surface area contributed by atoms with Crippen molar-refractivity contribution >= 4 is 5.71 Å². The minimum Gasteiger partial charge on any atom is -0.288 e. The van der Waals surface area contributed by atoms with E-state index in [1.807, 2.05) is 20.0 Å². The summed E-state index contributed by atoms with van der Waals surface area (Å²) in [6.07, 6.45) is 8.34. The molecule has 0 aromatic carbocycles. The monoisotopic (exact) mass is 147 g/mol. The van der Waals surface area contributed by atoms with Gasteiger partial charge in [-0.1, -0.05) is 23.8 Å². The first kappa shape index (κ1) is 7.99. The number of aliphatic imine (C=N–C) groups is 1. The van der Waals surface area contributed by atoms with E-state index in [0.717, 1.165) is 5.71 Å². The van der Waals surface area contributed by atoms with Crippen LogP contribution < -0.4 is 0 Å². The van der Waals surface area contributed by atoms with Gasteiger partial charge in [-0.2, -0.15) is 0 Å². The van der Waals surface area contributed by atoms with Crippen LogP contribution in [0.25, 0.3) is 0 Å². The zero-order valence-electron chi connectivity index (χ0n) is 7.26. The second kappa shape index (κ2) is 3.33. The quantitative estimate of drug-likeness (QED) is 0.499. The number of allylic oxidation sites excluding steroid dienone is 6. The third kappa shape index (κ3) is 1.67. The lowest BCUT2D eigenvalue weighted by Gasteiger charge is -2.07. The maximum absolute atomic E-state index is 4.15. The molecular weight excluding hydrogens is 134 g/mol. The largest absolute Gasteiger partial charge is 0.288 e. The second-order valence-corrected chi connectivity index (χ2v) is 2.57. The van der Waals surface area contributed by atoms with Crippen LogP contribution in [0.1, 0.15) is 13.8 Å². The van der Waals surface area contributed by atoms with Crippen molar-refractivity contribution in [1.82, 2.24) is 0 Å². The van der Waals surface area contributed by atoms with E-state index in [0.29, 0.717) is 0 Å². The fraction of sp³-hybridized carbons (Fsp3) is 0.300. The number of hydrogen-bond donors (Lipinski definition) is 0. The van der Waals surface area contributed by atoms with Gasteiger partial charge in [-0.05, 0) is 25.5 Å². The summed E-state index contributed by atoms with van der Waals surface area (Å²) < 4.78 is 0. The van der Waals surface area contributed by atoms with Crippen molar-refractivity contribution in [2.75, 3.05) is 7.05 Å². The maximum Gasteiger partial charge on any atom is 0.0640 e. The number of hydrogen-bond acceptors (Lipinski definition) is 1. The van der Waals surface area contributed by atoms with Gasteiger partial charge in [0.15, 0.2) is 0 Å². The van der Waals surface area contributed by atoms with Crippen LogP contribution in [-0.2, 0) is 0 Å². The minimum absolute atomic E-state index is 1.07. The smallest absolute Gasteiger partial charge is 0.0640 e. The van der Waals surface area contributed by atoms with Crippen molar-refractivity contribution in [2.24, 2.45) is 4.99 Å². The van der Waals surface area contributed by atoms with E-state index in [1.54, 1.807) is 0 Å². The molecule has 0 unspecified atom stereocenters. The van der Waals surface area contributed by atoms with Gasteiger partial charge in [0.1, 0.15) is 0 Å². The van der Waals surface area contributed by atoms with Gasteiger partial charge in [0.05, 0.1) is 5.71 Å². The standard InChI is InChI=1S/C10H13N/c1-4-9-7-8(2)5-6-10(9)11-3/h4-7H,1-3H3/b9-4-,11-10-. The van der Waals surface area contributed by atoms with Gasteiger partial charge in [0, 0.05) is 7.05 Å². The van der Waals surface area contributed by atoms with Crippen LogP contribution in [0.15, 0.2) is 40.4 Å². The molecule has 0 fully saturated rings. The molecule has 1 rings (SSSR count). The van der Waals surface area contributed by atoms with E-state index in [2.05, 4.69) is 30.1 Å². The summed E-state index contributed by atoms with van der Waals surface area (Å²) in [5.41, 5.74) is 3.57. The highest BCUT2D eigenvalue weighted by Gasteiger charge is 2.02. The molecule has 0 saturated carbocycles. The first-order chi connectivity index (χ1) is 5.27. The molecule has 1 aliphatic rings. The fourth-order valence-corrected chi connectivity index (χ4v) is 1.11. The first-order valence-corrected chi connectivity index (χ1v) is 3.77. The minimum atomic E-state index is 1.07. The Morgan fingerprint density at radius 2 is 2.09 bits per heavy atom. The molecule has 11 heavy (non-hydrogen) atoms. The molecule has 0 amide bonds. The Bertz CT molecular complexity index is 265. The summed E-state index contributed by atoms with van der Waals surface area (Å²) >= 11 is 0. The SMILES string of the molecule is C/C=C1/C=C(C)C=C/C1=N/C. The van der Waals surface area contributed by atoms with Crippen LogP contribution in [0.2, 0.25) is 0 Å². The summed E-state index contributed by atoms with van der Waals surface area (Å²) in [6, 6.07) is 0. The summed E-state index contributed by atoms with van der Waals surface area (Å²) in [7, 11) is 1.82. The topological polar surface area (TPSA) is 12.4 Å². The molecule has 0 spiro atoms. The summed E-state index contributed by atoms with van der Waals surface area (Å²) in [6.45, 7) is 4.12. The van der Waals surface area contributed by atoms with E-state index in [9.17, 15) is 0 Å². The zero-order valence-corrected chi connectivity index (χ0v) is 7.26. The lowest BCUT2D eigenvalue weighted by atomic mass is 10.0. The molecule has 0 atom stereocenters. The van der Waals surface area contributed by atoms with E-state index in [1.165, 1.54) is 11.1 Å². The molecule has 0 bridgehead atoms. The van der Waals surface area contributed by atoms with Gasteiger partial charge >= 0.3 is 0 Å². The highest BCUT2D eigenvalue weighted by atomic mass is 14.7. The van der Waals surface area contributed by atoms with E-state index in [4.69, 9.17) is 0 Å². The lowest BCUT2D eigenvalue weighted by molar-refractivity contribution is 1.40. The molecule has 0 N–H and O–H groups in total. The van der Waals surface area contributed by atoms with Crippen LogP contribution in [0, 0.1) is 0 Å². The molecule has 0 aromatic rings. The second-order valence-electron chi connectivity index (χ2n) is 2.57. The van der Waals surface area contributed by atoms with E-state index < -0.39 is 0 Å². The van der Waals surface area contributed by atoms with Crippen LogP contribution in [0.3, 0.4) is 0 Å². The van der Waals surface area contributed by atoms with Crippen molar-refractivity contribution in [3.05, 3.63) is 35.5 Å². The third-order valence-electron chi connectivity index (χ3n) is 1.73. The van der Waals surface area contributed by atoms with Crippen molar-refractivity contribution in [2.45, 2.75) is 13.8 Å². The van der Waals surface area contributed by atoms with Crippen molar-refractivity contribution in [3.63, 3.8) is 0 Å². The van der Waals surface area contributed by atoms with Gasteiger partial charge in [-0.25, -0.2) is 0 Å². The molecule has 0 aliphatic heterocycles. The molecule has 0 radical (unpaired) electrons. The fourth-order valence-electron chi connectivity index (χ4n) is 1.11. The molecule has 58 valence electrons. The molecule has 1 aliphatic carbocycles. The highest BCUT2D eigenvalue weighted by molar-refractivity contribution is 6.11. The van der Waals surface area contributed by atoms with Crippen molar-refractivity contribution in [3.8, 4) is 0 Å². The normalized spacial score (nSPS) is 24.5. The molecule has 0 heterocycles. The van der Waals surface area contributed by atoms with Crippen LogP contribution in [-0.4, -0.2) is 12.8 Å². The first-order valence-electron chi connectivity index (χ1n) is 3.77. The van der Waals surface area contributed by atoms with Crippen LogP contribution >= 0.6 is 0 Å². The summed E-state index contributed by atoms with van der Waals surface area (Å²) in [4.78, 5) is 4.15. The molecular formula is C10H13N. The molecule has 0 saturated heterocycles. The lowest BCUT2D eigenvalue weighted by Crippen LogP contribution is -2.00. The Balaban J connectivity index is 3.03. The van der Waals surface area contributed by atoms with Crippen molar-refractivity contribution in [1.29, 1.82) is 0 Å². The molecule has 0 aromatic heterocycles. The summed E-state index contributed by atoms with van der Waals surface area (Å²) in [5, 5.41) is 0. The Hall–Kier alpha value is -1.11. The third-order valence-corrected chi connectivity index (χ3v) is 1.73. The molecule has 1 heteroatoms. The predicted octanol–water partition coefficient (Wildman–Crippen LogP) is 2.52. The average molecular weight is 147 g/mol. The molecule has 1 nitrogen and oxygen atoms in total. The Morgan fingerprint density at radius 1 is 1.36 bits per heavy atom. The highest BCUT2D eigenvalue weighted by Crippen LogP contribution is 2.12. The van der Waals surface area contributed by atoms with Gasteiger partial charge in [0.25, 0.3) is 0 Å². The van der Waals surface area contributed by atoms with Crippen molar-refractivity contribution < 1.29 is 0 Å². The number of nitrogens with zero attached hydrogens (tertiary/aromatic N) is 1. The zero-order chi connectivity index (χ0) is 8.27. The maximum atomic E-state index is 4.15. The van der Waals surface area contributed by atoms with Gasteiger partial charge in [-0.3, -0.25) is 4.99 Å². The Kier molecular flexibility index (Phi) is 2.42. The average Bonchev–Trinajstić information content (AvgIpc) is 2.04. The van der Waals surface area contributed by atoms with Gasteiger partial charge < -0.3 is 0 Å². The van der Waals surface area contributed by atoms with E-state index in [-0.39, 0.29) is 0 Å². The van der Waals surface area contributed by atoms with Crippen LogP contribution in [0.5, 0.6) is 0 Å². The Morgan fingerprint density at radius 3 is 2.64 bits per heavy atom. The number of rotatable bonds is 0. The Labute approximate surface area is 67.8 Å². The van der Waals surface area contributed by atoms with Gasteiger partial charge in [-0.15, -0.1) is 0 Å². The predicted molar refractivity (Wildman–Crippen MR) is 50.0 cm³/mol. The summed E-state index contributed by atoms with van der Waals surface area (Å²) in [5.74, 6) is 0. The van der Waals surface area contributed by atoms with E-state index >= 15 is 0 Å². The van der Waals surface area contributed by atoms with Gasteiger partial charge in [0.2, 0.25) is 0 Å².